The third-order valence-electron chi connectivity index (χ3n) is 1.69. The van der Waals surface area contributed by atoms with Crippen LogP contribution in [-0.4, -0.2) is 26.2 Å². The molecule has 3 atom stereocenters. The maximum atomic E-state index is 9.26. The summed E-state index contributed by atoms with van der Waals surface area (Å²) in [6.45, 7) is 4.04. The van der Waals surface area contributed by atoms with Crippen molar-refractivity contribution in [2.45, 2.75) is 34.3 Å². The van der Waals surface area contributed by atoms with E-state index in [1.807, 2.05) is 13.8 Å². The van der Waals surface area contributed by atoms with Gasteiger partial charge in [0.15, 0.2) is 0 Å². The Kier molecular flexibility index (Phi) is 3.13. The Morgan fingerprint density at radius 3 is 2.82 bits per heavy atom. The van der Waals surface area contributed by atoms with E-state index in [2.05, 4.69) is 0 Å². The average Bonchev–Trinajstić information content (AvgIpc) is 1.84. The zero-order valence-corrected chi connectivity index (χ0v) is 9.16. The number of aliphatic hydroxyl groups is 1. The predicted molar refractivity (Wildman–Crippen MR) is 36.6 cm³/mol. The van der Waals surface area contributed by atoms with Crippen LogP contribution in [0.3, 0.4) is 0 Å². The fourth-order valence-corrected chi connectivity index (χ4v) is 4.33. The quantitative estimate of drug-likeness (QED) is 0.425. The number of rotatable bonds is 1. The van der Waals surface area contributed by atoms with Crippen LogP contribution >= 0.6 is 0 Å². The zero-order chi connectivity index (χ0) is 8.48. The van der Waals surface area contributed by atoms with E-state index < -0.39 is 6.29 Å². The molecule has 68 valence electrons. The fraction of sp³-hybridized carbons (Fsp3) is 1.00. The van der Waals surface area contributed by atoms with Gasteiger partial charge in [0.05, 0.1) is 0 Å². The summed E-state index contributed by atoms with van der Waals surface area (Å²) in [5, 5.41) is 9.26. The molecule has 0 amide bonds. The van der Waals surface area contributed by atoms with Crippen molar-refractivity contribution in [2.24, 2.45) is 0 Å². The molecule has 0 radical (unpaired) electrons. The third kappa shape index (κ3) is 2.54. The molecular formula is C7H14IO3-. The topological polar surface area (TPSA) is 38.7 Å². The van der Waals surface area contributed by atoms with E-state index in [1.165, 1.54) is 0 Å². The molecule has 1 saturated heterocycles. The molecule has 1 aliphatic rings. The summed E-state index contributed by atoms with van der Waals surface area (Å²) in [6.07, 6.45) is -0.0235. The molecule has 1 rings (SSSR count). The predicted octanol–water partition coefficient (Wildman–Crippen LogP) is -2.48. The molecule has 1 fully saturated rings. The number of aliphatic hydroxyl groups excluding tert-OH is 1. The van der Waals surface area contributed by atoms with Crippen LogP contribution in [0, 0.1) is 0 Å². The maximum absolute atomic E-state index is 9.26. The molecule has 0 saturated carbocycles. The van der Waals surface area contributed by atoms with Gasteiger partial charge in [0.2, 0.25) is 0 Å². The Bertz CT molecular complexity index is 130. The summed E-state index contributed by atoms with van der Waals surface area (Å²) in [6, 6.07) is 0. The van der Waals surface area contributed by atoms with E-state index in [9.17, 15) is 5.11 Å². The molecule has 2 unspecified atom stereocenters. The summed E-state index contributed by atoms with van der Waals surface area (Å²) in [5.74, 6) is 0. The summed E-state index contributed by atoms with van der Waals surface area (Å²) in [7, 11) is 1.70. The summed E-state index contributed by atoms with van der Waals surface area (Å²) < 4.78 is 10.6. The molecule has 11 heavy (non-hydrogen) atoms. The van der Waals surface area contributed by atoms with Crippen molar-refractivity contribution in [3.63, 3.8) is 0 Å². The molecule has 0 aliphatic carbocycles. The number of hydrogen-bond acceptors (Lipinski definition) is 3. The second kappa shape index (κ2) is 3.55. The van der Waals surface area contributed by atoms with Crippen molar-refractivity contribution in [2.75, 3.05) is 7.11 Å². The van der Waals surface area contributed by atoms with Crippen LogP contribution in [-0.2, 0) is 9.47 Å². The number of halogens is 1. The van der Waals surface area contributed by atoms with Crippen LogP contribution in [0.1, 0.15) is 20.3 Å². The third-order valence-corrected chi connectivity index (χ3v) is 5.06. The molecule has 1 aliphatic heterocycles. The van der Waals surface area contributed by atoms with E-state index in [0.29, 0.717) is 6.42 Å². The van der Waals surface area contributed by atoms with Crippen molar-refractivity contribution < 1.29 is 35.8 Å². The molecular weight excluding hydrogens is 259 g/mol. The van der Waals surface area contributed by atoms with Gasteiger partial charge in [0.25, 0.3) is 0 Å². The van der Waals surface area contributed by atoms with Gasteiger partial charge < -0.3 is 0 Å². The van der Waals surface area contributed by atoms with E-state index in [4.69, 9.17) is 9.47 Å². The molecule has 1 heterocycles. The van der Waals surface area contributed by atoms with Gasteiger partial charge in [-0.1, -0.05) is 0 Å². The van der Waals surface area contributed by atoms with Gasteiger partial charge in [0.1, 0.15) is 0 Å². The Labute approximate surface area is 77.3 Å². The molecule has 0 aromatic rings. The first kappa shape index (κ1) is 9.70. The van der Waals surface area contributed by atoms with E-state index >= 15 is 0 Å². The minimum atomic E-state index is -0.636. The molecule has 0 spiro atoms. The van der Waals surface area contributed by atoms with Crippen molar-refractivity contribution in [1.29, 1.82) is 0 Å². The van der Waals surface area contributed by atoms with Crippen LogP contribution in [0.25, 0.3) is 0 Å². The van der Waals surface area contributed by atoms with Crippen LogP contribution in [0.4, 0.5) is 0 Å². The Balaban J connectivity index is 2.55. The normalized spacial score (nSPS) is 46.5. The molecule has 3 nitrogen and oxygen atoms in total. The van der Waals surface area contributed by atoms with Gasteiger partial charge in [-0.05, 0) is 0 Å². The second-order valence-electron chi connectivity index (χ2n) is 2.75. The number of hydrogen-bond donors (Lipinski definition) is 1. The van der Waals surface area contributed by atoms with E-state index in [0.717, 1.165) is 0 Å². The van der Waals surface area contributed by atoms with Crippen molar-refractivity contribution in [1.82, 2.24) is 0 Å². The standard InChI is InChI=1S/C7H14IO3/c1-5-8-7(2,10-3)4-6(9)11-5/h5-6,9H,4H2,1-3H3/q-1/t5-,6?,7?/m0/s1. The van der Waals surface area contributed by atoms with Crippen molar-refractivity contribution in [3.05, 3.63) is 0 Å². The SMILES string of the molecule is COC1(C)CC(O)O[C@@H](C)[I-]1. The Hall–Kier alpha value is 0.610. The summed E-state index contributed by atoms with van der Waals surface area (Å²) in [5.41, 5.74) is 0. The first-order valence-electron chi connectivity index (χ1n) is 3.59. The van der Waals surface area contributed by atoms with Gasteiger partial charge in [-0.25, -0.2) is 0 Å². The van der Waals surface area contributed by atoms with E-state index in [1.54, 1.807) is 7.11 Å². The van der Waals surface area contributed by atoms with Gasteiger partial charge >= 0.3 is 77.2 Å². The second-order valence-corrected chi connectivity index (χ2v) is 7.41. The van der Waals surface area contributed by atoms with Crippen molar-refractivity contribution >= 4 is 0 Å². The van der Waals surface area contributed by atoms with Crippen LogP contribution in [0.5, 0.6) is 0 Å². The van der Waals surface area contributed by atoms with Gasteiger partial charge in [-0.3, -0.25) is 0 Å². The summed E-state index contributed by atoms with van der Waals surface area (Å²) in [4.78, 5) is 0. The number of alkyl halides is 2. The molecule has 0 aromatic heterocycles. The summed E-state index contributed by atoms with van der Waals surface area (Å²) >= 11 is -0.129. The minimum absolute atomic E-state index is 0.101. The molecule has 0 bridgehead atoms. The van der Waals surface area contributed by atoms with Crippen LogP contribution in [0.15, 0.2) is 0 Å². The molecule has 0 aromatic carbocycles. The average molecular weight is 273 g/mol. The first-order valence-corrected chi connectivity index (χ1v) is 5.91. The van der Waals surface area contributed by atoms with Gasteiger partial charge in [-0.2, -0.15) is 0 Å². The van der Waals surface area contributed by atoms with Gasteiger partial charge in [-0.15, -0.1) is 0 Å². The fourth-order valence-electron chi connectivity index (χ4n) is 1.10. The monoisotopic (exact) mass is 273 g/mol. The zero-order valence-electron chi connectivity index (χ0n) is 7.00. The van der Waals surface area contributed by atoms with Crippen molar-refractivity contribution in [3.8, 4) is 0 Å². The first-order chi connectivity index (χ1) is 5.06. The number of methoxy groups -OCH3 is 1. The van der Waals surface area contributed by atoms with Gasteiger partial charge in [0, 0.05) is 0 Å². The van der Waals surface area contributed by atoms with Crippen LogP contribution in [0.2, 0.25) is 0 Å². The molecule has 1 N–H and O–H groups in total. The Morgan fingerprint density at radius 2 is 2.36 bits per heavy atom. The Morgan fingerprint density at radius 1 is 1.73 bits per heavy atom. The number of ether oxygens (including phenoxy) is 2. The molecule has 4 heteroatoms. The van der Waals surface area contributed by atoms with E-state index in [-0.39, 0.29) is 28.9 Å². The van der Waals surface area contributed by atoms with Crippen LogP contribution < -0.4 is 21.2 Å².